The van der Waals surface area contributed by atoms with Crippen LogP contribution in [0.4, 0.5) is 9.18 Å². The zero-order valence-corrected chi connectivity index (χ0v) is 4.31. The normalized spacial score (nSPS) is 36.5. The van der Waals surface area contributed by atoms with Crippen molar-refractivity contribution >= 4 is 6.16 Å². The molecule has 0 unspecified atom stereocenters. The third-order valence-corrected chi connectivity index (χ3v) is 0.744. The molecule has 0 spiro atoms. The second kappa shape index (κ2) is 1.34. The number of ether oxygens (including phenoxy) is 2. The van der Waals surface area contributed by atoms with Crippen molar-refractivity contribution in [2.24, 2.45) is 0 Å². The Kier molecular flexibility index (Phi) is 0.892. The van der Waals surface area contributed by atoms with Crippen LogP contribution in [0.25, 0.3) is 0 Å². The predicted octanol–water partition coefficient (Wildman–Crippen LogP) is 0.839. The minimum atomic E-state index is -1.91. The van der Waals surface area contributed by atoms with Crippen molar-refractivity contribution in [1.29, 1.82) is 0 Å². The molecule has 1 fully saturated rings. The van der Waals surface area contributed by atoms with Crippen LogP contribution in [0.5, 0.6) is 0 Å². The number of hydrogen-bond acceptors (Lipinski definition) is 3. The van der Waals surface area contributed by atoms with Crippen molar-refractivity contribution in [3.8, 4) is 0 Å². The average molecular weight is 120 g/mol. The van der Waals surface area contributed by atoms with Crippen LogP contribution in [0.1, 0.15) is 6.92 Å². The number of alkyl halides is 1. The van der Waals surface area contributed by atoms with E-state index < -0.39 is 12.0 Å². The fourth-order valence-corrected chi connectivity index (χ4v) is 0.421. The van der Waals surface area contributed by atoms with Gasteiger partial charge in [0.25, 0.3) is 5.85 Å². The van der Waals surface area contributed by atoms with Gasteiger partial charge in [0, 0.05) is 6.92 Å². The van der Waals surface area contributed by atoms with Crippen LogP contribution in [0.2, 0.25) is 0 Å². The topological polar surface area (TPSA) is 35.5 Å². The average Bonchev–Trinajstić information content (AvgIpc) is 1.82. The molecular formula is C4H5FO3. The largest absolute Gasteiger partial charge is 0.511 e. The summed E-state index contributed by atoms with van der Waals surface area (Å²) < 4.78 is 20.4. The molecule has 3 nitrogen and oxygen atoms in total. The first-order valence-electron chi connectivity index (χ1n) is 2.15. The Hall–Kier alpha value is -0.800. The van der Waals surface area contributed by atoms with Gasteiger partial charge in [-0.2, -0.15) is 4.39 Å². The molecule has 1 heterocycles. The van der Waals surface area contributed by atoms with Crippen molar-refractivity contribution in [2.75, 3.05) is 6.61 Å². The van der Waals surface area contributed by atoms with Gasteiger partial charge in [-0.05, 0) is 0 Å². The van der Waals surface area contributed by atoms with E-state index in [0.717, 1.165) is 6.92 Å². The second-order valence-electron chi connectivity index (χ2n) is 1.74. The van der Waals surface area contributed by atoms with Crippen molar-refractivity contribution in [3.05, 3.63) is 0 Å². The molecule has 0 bridgehead atoms. The molecule has 0 aliphatic carbocycles. The summed E-state index contributed by atoms with van der Waals surface area (Å²) in [4.78, 5) is 9.97. The molecule has 1 atom stereocenters. The maximum atomic E-state index is 12.3. The van der Waals surface area contributed by atoms with Gasteiger partial charge in [-0.15, -0.1) is 0 Å². The van der Waals surface area contributed by atoms with E-state index >= 15 is 0 Å². The van der Waals surface area contributed by atoms with Crippen LogP contribution in [-0.2, 0) is 9.47 Å². The zero-order valence-electron chi connectivity index (χ0n) is 4.31. The van der Waals surface area contributed by atoms with Gasteiger partial charge in [0.05, 0.1) is 0 Å². The fraction of sp³-hybridized carbons (Fsp3) is 0.750. The molecular weight excluding hydrogens is 115 g/mol. The lowest BCUT2D eigenvalue weighted by atomic mass is 10.4. The lowest BCUT2D eigenvalue weighted by molar-refractivity contribution is -0.0419. The molecule has 0 radical (unpaired) electrons. The van der Waals surface area contributed by atoms with E-state index in [1.54, 1.807) is 0 Å². The quantitative estimate of drug-likeness (QED) is 0.444. The molecule has 1 aliphatic rings. The Bertz CT molecular complexity index is 120. The Balaban J connectivity index is 2.56. The highest BCUT2D eigenvalue weighted by molar-refractivity contribution is 5.62. The molecule has 0 aromatic carbocycles. The first kappa shape index (κ1) is 5.34. The predicted molar refractivity (Wildman–Crippen MR) is 21.9 cm³/mol. The Labute approximate surface area is 45.4 Å². The Morgan fingerprint density at radius 1 is 1.88 bits per heavy atom. The lowest BCUT2D eigenvalue weighted by Crippen LogP contribution is -2.19. The summed E-state index contributed by atoms with van der Waals surface area (Å²) in [7, 11) is 0. The van der Waals surface area contributed by atoms with Crippen LogP contribution in [-0.4, -0.2) is 18.6 Å². The van der Waals surface area contributed by atoms with E-state index in [1.807, 2.05) is 0 Å². The summed E-state index contributed by atoms with van der Waals surface area (Å²) in [5.74, 6) is -1.91. The number of cyclic esters (lactones) is 2. The number of hydrogen-bond donors (Lipinski definition) is 0. The zero-order chi connectivity index (χ0) is 6.20. The molecule has 0 saturated carbocycles. The molecule has 1 aliphatic heterocycles. The molecule has 8 heavy (non-hydrogen) atoms. The smallest absolute Gasteiger partial charge is 0.427 e. The van der Waals surface area contributed by atoms with Crippen LogP contribution < -0.4 is 0 Å². The van der Waals surface area contributed by atoms with Crippen LogP contribution in [0.15, 0.2) is 0 Å². The third kappa shape index (κ3) is 0.882. The summed E-state index contributed by atoms with van der Waals surface area (Å²) in [6, 6.07) is 0. The number of rotatable bonds is 0. The van der Waals surface area contributed by atoms with Gasteiger partial charge < -0.3 is 9.47 Å². The van der Waals surface area contributed by atoms with Gasteiger partial charge in [-0.1, -0.05) is 0 Å². The summed E-state index contributed by atoms with van der Waals surface area (Å²) in [5, 5.41) is 0. The van der Waals surface area contributed by atoms with Gasteiger partial charge in [0.15, 0.2) is 6.61 Å². The molecule has 0 aromatic heterocycles. The highest BCUT2D eigenvalue weighted by Crippen LogP contribution is 2.19. The molecule has 0 N–H and O–H groups in total. The van der Waals surface area contributed by atoms with Gasteiger partial charge in [0.1, 0.15) is 0 Å². The monoisotopic (exact) mass is 120 g/mol. The summed E-state index contributed by atoms with van der Waals surface area (Å²) in [6.07, 6.45) is -0.935. The molecule has 0 aromatic rings. The first-order chi connectivity index (χ1) is 3.60. The van der Waals surface area contributed by atoms with E-state index in [4.69, 9.17) is 0 Å². The Morgan fingerprint density at radius 2 is 2.50 bits per heavy atom. The van der Waals surface area contributed by atoms with Gasteiger partial charge in [0.2, 0.25) is 0 Å². The number of carbonyl (C=O) groups excluding carboxylic acids is 1. The third-order valence-electron chi connectivity index (χ3n) is 0.744. The number of halogens is 1. The highest BCUT2D eigenvalue weighted by atomic mass is 19.2. The summed E-state index contributed by atoms with van der Waals surface area (Å²) in [6.45, 7) is 0.837. The lowest BCUT2D eigenvalue weighted by Gasteiger charge is -2.04. The molecule has 4 heteroatoms. The van der Waals surface area contributed by atoms with E-state index in [2.05, 4.69) is 9.47 Å². The van der Waals surface area contributed by atoms with Crippen LogP contribution >= 0.6 is 0 Å². The van der Waals surface area contributed by atoms with Crippen molar-refractivity contribution in [3.63, 3.8) is 0 Å². The van der Waals surface area contributed by atoms with Gasteiger partial charge in [-0.3, -0.25) is 0 Å². The van der Waals surface area contributed by atoms with Gasteiger partial charge in [-0.25, -0.2) is 4.79 Å². The van der Waals surface area contributed by atoms with E-state index in [0.29, 0.717) is 0 Å². The standard InChI is InChI=1S/C4H5FO3/c1-4(5)2-7-3(6)8-4/h2H2,1H3/t4-/m1/s1. The first-order valence-corrected chi connectivity index (χ1v) is 2.15. The molecule has 46 valence electrons. The highest BCUT2D eigenvalue weighted by Gasteiger charge is 2.37. The maximum absolute atomic E-state index is 12.3. The molecule has 0 amide bonds. The molecule has 1 saturated heterocycles. The maximum Gasteiger partial charge on any atom is 0.511 e. The minimum absolute atomic E-state index is 0.300. The summed E-state index contributed by atoms with van der Waals surface area (Å²) in [5.41, 5.74) is 0. The van der Waals surface area contributed by atoms with E-state index in [1.165, 1.54) is 0 Å². The fourth-order valence-electron chi connectivity index (χ4n) is 0.421. The van der Waals surface area contributed by atoms with Crippen LogP contribution in [0, 0.1) is 0 Å². The van der Waals surface area contributed by atoms with Crippen LogP contribution in [0.3, 0.4) is 0 Å². The minimum Gasteiger partial charge on any atom is -0.427 e. The molecule has 1 rings (SSSR count). The van der Waals surface area contributed by atoms with Gasteiger partial charge >= 0.3 is 6.16 Å². The van der Waals surface area contributed by atoms with E-state index in [-0.39, 0.29) is 6.61 Å². The van der Waals surface area contributed by atoms with Crippen molar-refractivity contribution in [2.45, 2.75) is 12.8 Å². The van der Waals surface area contributed by atoms with Crippen molar-refractivity contribution in [1.82, 2.24) is 0 Å². The Morgan fingerprint density at radius 3 is 2.62 bits per heavy atom. The second-order valence-corrected chi connectivity index (χ2v) is 1.74. The summed E-state index contributed by atoms with van der Waals surface area (Å²) >= 11 is 0. The van der Waals surface area contributed by atoms with E-state index in [9.17, 15) is 9.18 Å². The SMILES string of the molecule is C[C@]1(F)COC(=O)O1. The van der Waals surface area contributed by atoms with Crippen molar-refractivity contribution < 1.29 is 18.7 Å². The number of carbonyl (C=O) groups is 1.